The zero-order valence-corrected chi connectivity index (χ0v) is 20.4. The Hall–Kier alpha value is -2.83. The molecule has 1 saturated heterocycles. The highest BCUT2D eigenvalue weighted by molar-refractivity contribution is 6.46. The minimum atomic E-state index is -0.836. The number of hydrogen-bond donors (Lipinski definition) is 2. The number of carbonyl (C=O) groups excluding carboxylic acids is 2. The van der Waals surface area contributed by atoms with Crippen LogP contribution in [0.4, 0.5) is 0 Å². The second kappa shape index (κ2) is 9.57. The number of aliphatic hydroxyl groups is 1. The average molecular weight is 472 g/mol. The van der Waals surface area contributed by atoms with Crippen LogP contribution >= 0.6 is 11.6 Å². The van der Waals surface area contributed by atoms with Crippen LogP contribution in [0, 0.1) is 6.92 Å². The van der Waals surface area contributed by atoms with E-state index in [1.165, 1.54) is 17.0 Å². The number of hydrogen-bond acceptors (Lipinski definition) is 5. The number of likely N-dealkylation sites (tertiary alicyclic amines) is 1. The van der Waals surface area contributed by atoms with Gasteiger partial charge in [0.05, 0.1) is 16.6 Å². The van der Waals surface area contributed by atoms with Crippen LogP contribution in [0.5, 0.6) is 5.75 Å². The van der Waals surface area contributed by atoms with Gasteiger partial charge >= 0.3 is 0 Å². The van der Waals surface area contributed by atoms with Crippen molar-refractivity contribution in [2.45, 2.75) is 45.6 Å². The molecule has 176 valence electrons. The van der Waals surface area contributed by atoms with Gasteiger partial charge in [-0.15, -0.1) is 0 Å². The first-order valence-corrected chi connectivity index (χ1v) is 11.2. The van der Waals surface area contributed by atoms with Crippen molar-refractivity contribution in [1.29, 1.82) is 0 Å². The number of aromatic hydroxyl groups is 1. The van der Waals surface area contributed by atoms with Gasteiger partial charge in [-0.2, -0.15) is 0 Å². The second-order valence-corrected chi connectivity index (χ2v) is 9.74. The van der Waals surface area contributed by atoms with Crippen LogP contribution in [0.15, 0.2) is 42.0 Å². The number of phenols is 1. The van der Waals surface area contributed by atoms with E-state index in [0.717, 1.165) is 11.1 Å². The molecule has 6 nitrogen and oxygen atoms in total. The molecule has 33 heavy (non-hydrogen) atoms. The summed E-state index contributed by atoms with van der Waals surface area (Å²) in [6.07, 6.45) is 0.518. The van der Waals surface area contributed by atoms with Gasteiger partial charge in [-0.25, -0.2) is 0 Å². The molecule has 1 aliphatic rings. The number of methoxy groups -OCH3 is 1. The lowest BCUT2D eigenvalue weighted by atomic mass is 9.84. The number of nitrogens with zero attached hydrogens (tertiary/aromatic N) is 1. The molecule has 2 aromatic rings. The van der Waals surface area contributed by atoms with Gasteiger partial charge in [0.25, 0.3) is 11.7 Å². The van der Waals surface area contributed by atoms with E-state index in [2.05, 4.69) is 20.8 Å². The molecular weight excluding hydrogens is 442 g/mol. The number of benzene rings is 2. The van der Waals surface area contributed by atoms with Gasteiger partial charge in [-0.1, -0.05) is 50.6 Å². The number of ketones is 1. The fraction of sp³-hybridized carbons (Fsp3) is 0.385. The number of phenolic OH excluding ortho intramolecular Hbond substituents is 1. The number of carbonyl (C=O) groups is 2. The van der Waals surface area contributed by atoms with Crippen LogP contribution in [0.2, 0.25) is 5.02 Å². The van der Waals surface area contributed by atoms with E-state index in [1.54, 1.807) is 13.2 Å². The maximum Gasteiger partial charge on any atom is 0.295 e. The predicted octanol–water partition coefficient (Wildman–Crippen LogP) is 5.11. The average Bonchev–Trinajstić information content (AvgIpc) is 3.00. The maximum atomic E-state index is 13.2. The molecule has 0 radical (unpaired) electrons. The van der Waals surface area contributed by atoms with Gasteiger partial charge in [0.1, 0.15) is 11.5 Å². The standard InChI is InChI=1S/C26H30ClNO5/c1-15-7-9-17(26(2,3)4)14-18(15)23(30)21-22(16-8-10-20(29)19(27)13-16)28(11-6-12-33-5)25(32)24(21)31/h7-10,13-14,22,29-30H,6,11-12H2,1-5H3/b23-21+. The van der Waals surface area contributed by atoms with E-state index in [9.17, 15) is 19.8 Å². The fourth-order valence-corrected chi connectivity index (χ4v) is 4.21. The summed E-state index contributed by atoms with van der Waals surface area (Å²) in [6, 6.07) is 9.46. The Labute approximate surface area is 199 Å². The van der Waals surface area contributed by atoms with Crippen molar-refractivity contribution in [1.82, 2.24) is 4.90 Å². The molecule has 2 N–H and O–H groups in total. The fourth-order valence-electron chi connectivity index (χ4n) is 4.02. The number of aryl methyl sites for hydroxylation is 1. The largest absolute Gasteiger partial charge is 0.507 e. The Kier molecular flexibility index (Phi) is 7.20. The van der Waals surface area contributed by atoms with Crippen molar-refractivity contribution < 1.29 is 24.5 Å². The highest BCUT2D eigenvalue weighted by atomic mass is 35.5. The van der Waals surface area contributed by atoms with Crippen molar-refractivity contribution in [3.8, 4) is 5.75 Å². The zero-order chi connectivity index (χ0) is 24.5. The van der Waals surface area contributed by atoms with Crippen LogP contribution in [-0.4, -0.2) is 47.1 Å². The Balaban J connectivity index is 2.22. The topological polar surface area (TPSA) is 87.1 Å². The highest BCUT2D eigenvalue weighted by Gasteiger charge is 2.46. The number of ether oxygens (including phenoxy) is 1. The predicted molar refractivity (Wildman–Crippen MR) is 128 cm³/mol. The lowest BCUT2D eigenvalue weighted by Crippen LogP contribution is -2.31. The summed E-state index contributed by atoms with van der Waals surface area (Å²) < 4.78 is 5.11. The Bertz CT molecular complexity index is 1120. The number of aliphatic hydroxyl groups excluding tert-OH is 1. The molecule has 0 bridgehead atoms. The molecular formula is C26H30ClNO5. The van der Waals surface area contributed by atoms with Crippen molar-refractivity contribution >= 4 is 29.1 Å². The molecule has 0 aromatic heterocycles. The maximum absolute atomic E-state index is 13.2. The van der Waals surface area contributed by atoms with Crippen molar-refractivity contribution in [3.63, 3.8) is 0 Å². The van der Waals surface area contributed by atoms with E-state index >= 15 is 0 Å². The third-order valence-corrected chi connectivity index (χ3v) is 6.24. The Morgan fingerprint density at radius 2 is 1.85 bits per heavy atom. The zero-order valence-electron chi connectivity index (χ0n) is 19.6. The molecule has 1 heterocycles. The molecule has 0 spiro atoms. The van der Waals surface area contributed by atoms with Crippen LogP contribution < -0.4 is 0 Å². The molecule has 1 fully saturated rings. The van der Waals surface area contributed by atoms with E-state index in [0.29, 0.717) is 24.2 Å². The molecule has 2 aromatic carbocycles. The number of rotatable bonds is 6. The number of amides is 1. The normalized spacial score (nSPS) is 18.2. The Morgan fingerprint density at radius 3 is 2.45 bits per heavy atom. The molecule has 1 atom stereocenters. The first kappa shape index (κ1) is 24.8. The van der Waals surface area contributed by atoms with Gasteiger partial charge in [-0.3, -0.25) is 9.59 Å². The summed E-state index contributed by atoms with van der Waals surface area (Å²) in [5.74, 6) is -1.77. The van der Waals surface area contributed by atoms with Crippen molar-refractivity contribution in [2.24, 2.45) is 0 Å². The molecule has 1 unspecified atom stereocenters. The summed E-state index contributed by atoms with van der Waals surface area (Å²) >= 11 is 6.14. The summed E-state index contributed by atoms with van der Waals surface area (Å²) in [5.41, 5.74) is 2.65. The molecule has 1 aliphatic heterocycles. The molecule has 1 amide bonds. The summed E-state index contributed by atoms with van der Waals surface area (Å²) in [7, 11) is 1.57. The quantitative estimate of drug-likeness (QED) is 0.264. The third-order valence-electron chi connectivity index (χ3n) is 5.93. The van der Waals surface area contributed by atoms with Crippen LogP contribution in [0.25, 0.3) is 5.76 Å². The second-order valence-electron chi connectivity index (χ2n) is 9.33. The first-order valence-electron chi connectivity index (χ1n) is 10.8. The van der Waals surface area contributed by atoms with Gasteiger partial charge < -0.3 is 19.8 Å². The monoisotopic (exact) mass is 471 g/mol. The van der Waals surface area contributed by atoms with Gasteiger partial charge in [-0.05, 0) is 53.6 Å². The van der Waals surface area contributed by atoms with Gasteiger partial charge in [0.2, 0.25) is 0 Å². The summed E-state index contributed by atoms with van der Waals surface area (Å²) in [5, 5.41) is 21.4. The van der Waals surface area contributed by atoms with Crippen LogP contribution in [0.1, 0.15) is 55.5 Å². The Morgan fingerprint density at radius 1 is 1.15 bits per heavy atom. The molecule has 3 rings (SSSR count). The van der Waals surface area contributed by atoms with Crippen molar-refractivity contribution in [2.75, 3.05) is 20.3 Å². The molecule has 0 aliphatic carbocycles. The molecule has 7 heteroatoms. The van der Waals surface area contributed by atoms with E-state index in [1.807, 2.05) is 25.1 Å². The summed E-state index contributed by atoms with van der Waals surface area (Å²) in [6.45, 7) is 8.72. The van der Waals surface area contributed by atoms with E-state index in [4.69, 9.17) is 16.3 Å². The highest BCUT2D eigenvalue weighted by Crippen LogP contribution is 2.42. The minimum absolute atomic E-state index is 0.00772. The minimum Gasteiger partial charge on any atom is -0.507 e. The third kappa shape index (κ3) is 4.92. The number of halogens is 1. The van der Waals surface area contributed by atoms with E-state index < -0.39 is 17.7 Å². The molecule has 0 saturated carbocycles. The number of Topliss-reactive ketones (excluding diaryl/α,β-unsaturated/α-hetero) is 1. The van der Waals surface area contributed by atoms with Crippen molar-refractivity contribution in [3.05, 3.63) is 69.2 Å². The van der Waals surface area contributed by atoms with Crippen LogP contribution in [-0.2, 0) is 19.7 Å². The smallest absolute Gasteiger partial charge is 0.295 e. The lowest BCUT2D eigenvalue weighted by molar-refractivity contribution is -0.140. The first-order chi connectivity index (χ1) is 15.5. The van der Waals surface area contributed by atoms with E-state index in [-0.39, 0.29) is 34.1 Å². The summed E-state index contributed by atoms with van der Waals surface area (Å²) in [4.78, 5) is 27.6. The van der Waals surface area contributed by atoms with Gasteiger partial charge in [0, 0.05) is 25.8 Å². The SMILES string of the molecule is COCCCN1C(=O)C(=O)/C(=C(/O)c2cc(C(C)(C)C)ccc2C)C1c1ccc(O)c(Cl)c1. The van der Waals surface area contributed by atoms with Gasteiger partial charge in [0.15, 0.2) is 0 Å². The lowest BCUT2D eigenvalue weighted by Gasteiger charge is -2.26. The van der Waals surface area contributed by atoms with Crippen LogP contribution in [0.3, 0.4) is 0 Å².